The number of piperidine rings is 1. The number of benzene rings is 1. The first-order valence-corrected chi connectivity index (χ1v) is 6.91. The topological polar surface area (TPSA) is 55.6 Å². The fraction of sp³-hybridized carbons (Fsp3) is 0.533. The Kier molecular flexibility index (Phi) is 7.59. The van der Waals surface area contributed by atoms with E-state index in [1.54, 1.807) is 0 Å². The van der Waals surface area contributed by atoms with Crippen LogP contribution in [0.2, 0.25) is 0 Å². The summed E-state index contributed by atoms with van der Waals surface area (Å²) in [5, 5.41) is 0. The average Bonchev–Trinajstić information content (AvgIpc) is 2.45. The maximum Gasteiger partial charge on any atom is 0.248 e. The zero-order chi connectivity index (χ0) is 13.5. The molecule has 2 N–H and O–H groups in total. The highest BCUT2D eigenvalue weighted by atomic mass is 35.5. The molecule has 1 aromatic rings. The van der Waals surface area contributed by atoms with Gasteiger partial charge in [-0.3, -0.25) is 4.79 Å². The molecule has 0 saturated carbocycles. The maximum absolute atomic E-state index is 11.9. The molecule has 112 valence electrons. The van der Waals surface area contributed by atoms with E-state index in [0.29, 0.717) is 6.61 Å². The van der Waals surface area contributed by atoms with Gasteiger partial charge in [0.25, 0.3) is 0 Å². The van der Waals surface area contributed by atoms with Crippen LogP contribution in [0, 0.1) is 0 Å². The van der Waals surface area contributed by atoms with Crippen LogP contribution in [0.4, 0.5) is 0 Å². The highest BCUT2D eigenvalue weighted by Crippen LogP contribution is 2.08. The van der Waals surface area contributed by atoms with Gasteiger partial charge in [-0.15, -0.1) is 12.4 Å². The number of rotatable bonds is 5. The zero-order valence-corrected chi connectivity index (χ0v) is 12.5. The number of hydrogen-bond acceptors (Lipinski definition) is 3. The Bertz CT molecular complexity index is 392. The number of ether oxygens (including phenoxy) is 1. The molecule has 1 amide bonds. The minimum absolute atomic E-state index is 0. The quantitative estimate of drug-likeness (QED) is 0.841. The Morgan fingerprint density at radius 2 is 1.90 bits per heavy atom. The molecule has 20 heavy (non-hydrogen) atoms. The van der Waals surface area contributed by atoms with Crippen molar-refractivity contribution in [1.82, 2.24) is 4.90 Å². The van der Waals surface area contributed by atoms with Crippen molar-refractivity contribution >= 4 is 18.3 Å². The Morgan fingerprint density at radius 3 is 2.55 bits per heavy atom. The Balaban J connectivity index is 0.00000200. The van der Waals surface area contributed by atoms with E-state index in [9.17, 15) is 4.79 Å². The van der Waals surface area contributed by atoms with Crippen LogP contribution in [0.25, 0.3) is 0 Å². The molecule has 0 aromatic heterocycles. The SMILES string of the molecule is Cl.NC1CCN(C(=O)COCCc2ccccc2)CC1. The number of hydrogen-bond donors (Lipinski definition) is 1. The molecule has 1 aromatic carbocycles. The van der Waals surface area contributed by atoms with Crippen molar-refractivity contribution in [2.75, 3.05) is 26.3 Å². The predicted molar refractivity (Wildman–Crippen MR) is 82.0 cm³/mol. The number of carbonyl (C=O) groups is 1. The van der Waals surface area contributed by atoms with Gasteiger partial charge in [-0.2, -0.15) is 0 Å². The lowest BCUT2D eigenvalue weighted by atomic mass is 10.1. The smallest absolute Gasteiger partial charge is 0.248 e. The van der Waals surface area contributed by atoms with Crippen molar-refractivity contribution in [3.05, 3.63) is 35.9 Å². The first-order chi connectivity index (χ1) is 9.25. The van der Waals surface area contributed by atoms with Gasteiger partial charge in [0, 0.05) is 19.1 Å². The second kappa shape index (κ2) is 8.95. The summed E-state index contributed by atoms with van der Waals surface area (Å²) >= 11 is 0. The van der Waals surface area contributed by atoms with Gasteiger partial charge >= 0.3 is 0 Å². The van der Waals surface area contributed by atoms with E-state index in [1.165, 1.54) is 5.56 Å². The van der Waals surface area contributed by atoms with Gasteiger partial charge in [0.1, 0.15) is 6.61 Å². The van der Waals surface area contributed by atoms with E-state index in [1.807, 2.05) is 23.1 Å². The molecule has 0 atom stereocenters. The molecule has 1 saturated heterocycles. The summed E-state index contributed by atoms with van der Waals surface area (Å²) in [6.45, 7) is 2.30. The zero-order valence-electron chi connectivity index (χ0n) is 11.7. The van der Waals surface area contributed by atoms with Gasteiger partial charge in [0.2, 0.25) is 5.91 Å². The highest BCUT2D eigenvalue weighted by molar-refractivity contribution is 5.85. The second-order valence-electron chi connectivity index (χ2n) is 5.01. The maximum atomic E-state index is 11.9. The number of nitrogens with zero attached hydrogens (tertiary/aromatic N) is 1. The van der Waals surface area contributed by atoms with Crippen molar-refractivity contribution in [3.63, 3.8) is 0 Å². The highest BCUT2D eigenvalue weighted by Gasteiger charge is 2.20. The third kappa shape index (κ3) is 5.49. The summed E-state index contributed by atoms with van der Waals surface area (Å²) in [7, 11) is 0. The monoisotopic (exact) mass is 298 g/mol. The third-order valence-electron chi connectivity index (χ3n) is 3.50. The van der Waals surface area contributed by atoms with E-state index in [2.05, 4.69) is 12.1 Å². The standard InChI is InChI=1S/C15H22N2O2.ClH/c16-14-6-9-17(10-7-14)15(18)12-19-11-8-13-4-2-1-3-5-13;/h1-5,14H,6-12,16H2;1H. The van der Waals surface area contributed by atoms with Crippen LogP contribution >= 0.6 is 12.4 Å². The molecule has 0 radical (unpaired) electrons. The van der Waals surface area contributed by atoms with Gasteiger partial charge < -0.3 is 15.4 Å². The second-order valence-corrected chi connectivity index (χ2v) is 5.01. The molecule has 1 heterocycles. The van der Waals surface area contributed by atoms with E-state index >= 15 is 0 Å². The Morgan fingerprint density at radius 1 is 1.25 bits per heavy atom. The third-order valence-corrected chi connectivity index (χ3v) is 3.50. The molecule has 0 spiro atoms. The van der Waals surface area contributed by atoms with Crippen molar-refractivity contribution in [2.24, 2.45) is 5.73 Å². The molecular formula is C15H23ClN2O2. The van der Waals surface area contributed by atoms with Crippen LogP contribution in [-0.4, -0.2) is 43.2 Å². The van der Waals surface area contributed by atoms with Crippen LogP contribution in [-0.2, 0) is 16.0 Å². The lowest BCUT2D eigenvalue weighted by Gasteiger charge is -2.30. The van der Waals surface area contributed by atoms with Crippen LogP contribution < -0.4 is 5.73 Å². The molecule has 0 aliphatic carbocycles. The lowest BCUT2D eigenvalue weighted by molar-refractivity contribution is -0.137. The van der Waals surface area contributed by atoms with Gasteiger partial charge in [-0.25, -0.2) is 0 Å². The van der Waals surface area contributed by atoms with Gasteiger partial charge in [0.05, 0.1) is 6.61 Å². The summed E-state index contributed by atoms with van der Waals surface area (Å²) in [5.41, 5.74) is 7.05. The van der Waals surface area contributed by atoms with E-state index < -0.39 is 0 Å². The fourth-order valence-electron chi connectivity index (χ4n) is 2.23. The Hall–Kier alpha value is -1.10. The van der Waals surface area contributed by atoms with Crippen LogP contribution in [0.5, 0.6) is 0 Å². The summed E-state index contributed by atoms with van der Waals surface area (Å²) in [6, 6.07) is 10.4. The van der Waals surface area contributed by atoms with Crippen LogP contribution in [0.15, 0.2) is 30.3 Å². The van der Waals surface area contributed by atoms with Gasteiger partial charge in [0.15, 0.2) is 0 Å². The molecule has 2 rings (SSSR count). The van der Waals surface area contributed by atoms with Gasteiger partial charge in [-0.1, -0.05) is 30.3 Å². The van der Waals surface area contributed by atoms with E-state index in [-0.39, 0.29) is 31.0 Å². The lowest BCUT2D eigenvalue weighted by Crippen LogP contribution is -2.44. The minimum Gasteiger partial charge on any atom is -0.371 e. The first kappa shape index (κ1) is 17.0. The van der Waals surface area contributed by atoms with Crippen LogP contribution in [0.1, 0.15) is 18.4 Å². The fourth-order valence-corrected chi connectivity index (χ4v) is 2.23. The normalized spacial score (nSPS) is 15.8. The van der Waals surface area contributed by atoms with Crippen molar-refractivity contribution in [1.29, 1.82) is 0 Å². The number of amides is 1. The largest absolute Gasteiger partial charge is 0.371 e. The Labute approximate surface area is 126 Å². The average molecular weight is 299 g/mol. The number of halogens is 1. The van der Waals surface area contributed by atoms with Crippen molar-refractivity contribution in [2.45, 2.75) is 25.3 Å². The molecule has 4 nitrogen and oxygen atoms in total. The summed E-state index contributed by atoms with van der Waals surface area (Å²) in [5.74, 6) is 0.0833. The number of nitrogens with two attached hydrogens (primary N) is 1. The molecule has 1 fully saturated rings. The molecule has 0 unspecified atom stereocenters. The van der Waals surface area contributed by atoms with Crippen molar-refractivity contribution < 1.29 is 9.53 Å². The molecular weight excluding hydrogens is 276 g/mol. The van der Waals surface area contributed by atoms with E-state index in [4.69, 9.17) is 10.5 Å². The first-order valence-electron chi connectivity index (χ1n) is 6.91. The number of carbonyl (C=O) groups excluding carboxylic acids is 1. The summed E-state index contributed by atoms with van der Waals surface area (Å²) < 4.78 is 5.46. The van der Waals surface area contributed by atoms with Crippen LogP contribution in [0.3, 0.4) is 0 Å². The summed E-state index contributed by atoms with van der Waals surface area (Å²) in [4.78, 5) is 13.7. The predicted octanol–water partition coefficient (Wildman–Crippen LogP) is 1.62. The molecule has 0 bridgehead atoms. The number of likely N-dealkylation sites (tertiary alicyclic amines) is 1. The van der Waals surface area contributed by atoms with Gasteiger partial charge in [-0.05, 0) is 24.8 Å². The molecule has 1 aliphatic rings. The molecule has 5 heteroatoms. The van der Waals surface area contributed by atoms with Crippen molar-refractivity contribution in [3.8, 4) is 0 Å². The van der Waals surface area contributed by atoms with E-state index in [0.717, 1.165) is 32.4 Å². The minimum atomic E-state index is 0. The summed E-state index contributed by atoms with van der Waals surface area (Å²) in [6.07, 6.45) is 2.64. The molecule has 1 aliphatic heterocycles.